The maximum atomic E-state index is 13.6. The first-order valence-corrected chi connectivity index (χ1v) is 12.6. The minimum Gasteiger partial charge on any atom is -0.492 e. The van der Waals surface area contributed by atoms with Crippen molar-refractivity contribution in [1.29, 1.82) is 0 Å². The second-order valence-corrected chi connectivity index (χ2v) is 10.3. The molecule has 0 unspecified atom stereocenters. The van der Waals surface area contributed by atoms with Crippen LogP contribution in [0.3, 0.4) is 0 Å². The number of carbonyl (C=O) groups is 2. The molecule has 6 nitrogen and oxygen atoms in total. The van der Waals surface area contributed by atoms with Crippen LogP contribution in [0.2, 0.25) is 5.02 Å². The molecular weight excluding hydrogens is 525 g/mol. The smallest absolute Gasteiger partial charge is 0.259 e. The van der Waals surface area contributed by atoms with Gasteiger partial charge in [0.15, 0.2) is 0 Å². The number of fused-ring (bicyclic) bond motifs is 1. The molecule has 0 bridgehead atoms. The second kappa shape index (κ2) is 8.96. The summed E-state index contributed by atoms with van der Waals surface area (Å²) < 4.78 is 20.1. The van der Waals surface area contributed by atoms with Crippen LogP contribution in [0.4, 0.5) is 10.1 Å². The van der Waals surface area contributed by atoms with Gasteiger partial charge in [0.25, 0.3) is 11.8 Å². The molecule has 2 aliphatic heterocycles. The Morgan fingerprint density at radius 3 is 2.79 bits per heavy atom. The van der Waals surface area contributed by atoms with Crippen molar-refractivity contribution in [3.05, 3.63) is 56.8 Å². The van der Waals surface area contributed by atoms with Gasteiger partial charge in [-0.1, -0.05) is 34.5 Å². The summed E-state index contributed by atoms with van der Waals surface area (Å²) in [7, 11) is 0. The fraction of sp³-hybridized carbons (Fsp3) is 0.400. The summed E-state index contributed by atoms with van der Waals surface area (Å²) in [5, 5.41) is 9.20. The molecule has 1 saturated carbocycles. The largest absolute Gasteiger partial charge is 0.492 e. The lowest BCUT2D eigenvalue weighted by Crippen LogP contribution is -2.47. The number of benzene rings is 2. The van der Waals surface area contributed by atoms with Gasteiger partial charge in [0.05, 0.1) is 34.0 Å². The third-order valence-electron chi connectivity index (χ3n) is 7.02. The zero-order valence-corrected chi connectivity index (χ0v) is 21.0. The van der Waals surface area contributed by atoms with Crippen molar-refractivity contribution >= 4 is 50.7 Å². The molecule has 1 aliphatic carbocycles. The molecule has 2 aromatic rings. The van der Waals surface area contributed by atoms with E-state index in [1.54, 1.807) is 6.07 Å². The number of hydrogen-bond acceptors (Lipinski definition) is 4. The molecule has 3 aliphatic rings. The van der Waals surface area contributed by atoms with E-state index >= 15 is 0 Å². The molecule has 34 heavy (non-hydrogen) atoms. The van der Waals surface area contributed by atoms with Gasteiger partial charge in [-0.15, -0.1) is 0 Å². The predicted octanol–water partition coefficient (Wildman–Crippen LogP) is 5.65. The molecule has 2 heterocycles. The summed E-state index contributed by atoms with van der Waals surface area (Å²) in [5.41, 5.74) is 2.04. The average Bonchev–Trinajstić information content (AvgIpc) is 3.38. The van der Waals surface area contributed by atoms with E-state index in [-0.39, 0.29) is 22.9 Å². The van der Waals surface area contributed by atoms with Gasteiger partial charge in [0.2, 0.25) is 0 Å². The normalized spacial score (nSPS) is 23.6. The fourth-order valence-corrected chi connectivity index (χ4v) is 6.02. The lowest BCUT2D eigenvalue weighted by atomic mass is 9.68. The van der Waals surface area contributed by atoms with Gasteiger partial charge in [-0.2, -0.15) is 10.1 Å². The topological polar surface area (TPSA) is 71.0 Å². The zero-order valence-electron chi connectivity index (χ0n) is 18.7. The highest BCUT2D eigenvalue weighted by Gasteiger charge is 2.52. The van der Waals surface area contributed by atoms with Crippen molar-refractivity contribution < 1.29 is 18.7 Å². The van der Waals surface area contributed by atoms with Crippen LogP contribution in [0.25, 0.3) is 0 Å². The van der Waals surface area contributed by atoms with E-state index in [2.05, 4.69) is 26.3 Å². The first-order valence-electron chi connectivity index (χ1n) is 11.5. The van der Waals surface area contributed by atoms with Crippen molar-refractivity contribution in [3.8, 4) is 5.75 Å². The first-order chi connectivity index (χ1) is 16.3. The van der Waals surface area contributed by atoms with Crippen LogP contribution in [0, 0.1) is 11.2 Å². The zero-order chi connectivity index (χ0) is 24.0. The van der Waals surface area contributed by atoms with Crippen LogP contribution in [0.1, 0.15) is 54.9 Å². The van der Waals surface area contributed by atoms with Gasteiger partial charge in [-0.05, 0) is 68.0 Å². The number of amides is 2. The Labute approximate surface area is 210 Å². The summed E-state index contributed by atoms with van der Waals surface area (Å²) in [6, 6.07) is 7.66. The lowest BCUT2D eigenvalue weighted by Gasteiger charge is -2.36. The van der Waals surface area contributed by atoms with E-state index in [0.717, 1.165) is 22.2 Å². The van der Waals surface area contributed by atoms with Crippen molar-refractivity contribution in [3.63, 3.8) is 0 Å². The first kappa shape index (κ1) is 23.3. The molecule has 1 spiro atoms. The monoisotopic (exact) mass is 547 g/mol. The number of hydrogen-bond donors (Lipinski definition) is 1. The number of anilines is 1. The number of ether oxygens (including phenoxy) is 1. The molecule has 2 amide bonds. The summed E-state index contributed by atoms with van der Waals surface area (Å²) in [4.78, 5) is 26.6. The lowest BCUT2D eigenvalue weighted by molar-refractivity contribution is -0.125. The molecule has 0 aromatic heterocycles. The third-order valence-corrected chi connectivity index (χ3v) is 7.78. The molecule has 0 saturated heterocycles. The Hall–Kier alpha value is -2.45. The Balaban J connectivity index is 1.31. The second-order valence-electron chi connectivity index (χ2n) is 8.98. The summed E-state index contributed by atoms with van der Waals surface area (Å²) in [5.74, 6) is -0.109. The summed E-state index contributed by atoms with van der Waals surface area (Å²) >= 11 is 9.70. The van der Waals surface area contributed by atoms with Crippen LogP contribution < -0.4 is 15.1 Å². The van der Waals surface area contributed by atoms with Gasteiger partial charge in [-0.3, -0.25) is 9.59 Å². The number of hydrazone groups is 1. The van der Waals surface area contributed by atoms with E-state index in [1.165, 1.54) is 23.2 Å². The summed E-state index contributed by atoms with van der Waals surface area (Å²) in [6.07, 6.45) is 3.87. The maximum Gasteiger partial charge on any atom is 0.259 e. The minimum atomic E-state index is -0.714. The van der Waals surface area contributed by atoms with E-state index in [0.29, 0.717) is 55.7 Å². The number of halogens is 3. The highest BCUT2D eigenvalue weighted by atomic mass is 79.9. The number of carbonyl (C=O) groups excluding carboxylic acids is 2. The number of rotatable bonds is 4. The molecule has 1 N–H and O–H groups in total. The SMILES string of the molecule is CCC1=NN(c2ccc(F)cc2Cl)C(=O)C12CCC(NC(=O)c1cc(Br)cc3c1OCC3)CC2. The van der Waals surface area contributed by atoms with Gasteiger partial charge in [0.1, 0.15) is 11.6 Å². The molecule has 178 valence electrons. The molecule has 2 aromatic carbocycles. The van der Waals surface area contributed by atoms with E-state index in [1.807, 2.05) is 13.0 Å². The van der Waals surface area contributed by atoms with E-state index < -0.39 is 11.2 Å². The summed E-state index contributed by atoms with van der Waals surface area (Å²) in [6.45, 7) is 2.55. The average molecular weight is 549 g/mol. The van der Waals surface area contributed by atoms with Crippen LogP contribution in [0.15, 0.2) is 39.9 Å². The minimum absolute atomic E-state index is 0.0523. The van der Waals surface area contributed by atoms with Crippen LogP contribution in [-0.2, 0) is 11.2 Å². The van der Waals surface area contributed by atoms with Gasteiger partial charge in [-0.25, -0.2) is 4.39 Å². The Kier molecular flexibility index (Phi) is 6.14. The van der Waals surface area contributed by atoms with Gasteiger partial charge < -0.3 is 10.1 Å². The molecule has 5 rings (SSSR count). The van der Waals surface area contributed by atoms with Crippen molar-refractivity contribution in [2.24, 2.45) is 10.5 Å². The van der Waals surface area contributed by atoms with Crippen LogP contribution in [0.5, 0.6) is 5.75 Å². The molecule has 1 fully saturated rings. The maximum absolute atomic E-state index is 13.6. The number of nitrogens with zero attached hydrogens (tertiary/aromatic N) is 2. The van der Waals surface area contributed by atoms with Crippen molar-refractivity contribution in [1.82, 2.24) is 5.32 Å². The van der Waals surface area contributed by atoms with Crippen LogP contribution in [-0.4, -0.2) is 30.2 Å². The third kappa shape index (κ3) is 3.90. The van der Waals surface area contributed by atoms with Crippen LogP contribution >= 0.6 is 27.5 Å². The molecule has 0 atom stereocenters. The van der Waals surface area contributed by atoms with Gasteiger partial charge in [0, 0.05) is 16.9 Å². The van der Waals surface area contributed by atoms with E-state index in [4.69, 9.17) is 16.3 Å². The molecular formula is C25H24BrClFN3O3. The number of nitrogens with one attached hydrogen (secondary N) is 1. The standard InChI is InChI=1S/C25H24BrClFN3O3/c1-2-21-25(24(33)31(30-21)20-4-3-16(28)13-19(20)27)8-5-17(6-9-25)29-23(32)18-12-15(26)11-14-7-10-34-22(14)18/h3-4,11-13,17H,2,5-10H2,1H3,(H,29,32). The Bertz CT molecular complexity index is 1210. The van der Waals surface area contributed by atoms with Crippen molar-refractivity contribution in [2.45, 2.75) is 51.5 Å². The highest BCUT2D eigenvalue weighted by molar-refractivity contribution is 9.10. The molecule has 0 radical (unpaired) electrons. The van der Waals surface area contributed by atoms with Gasteiger partial charge >= 0.3 is 0 Å². The quantitative estimate of drug-likeness (QED) is 0.537. The Morgan fingerprint density at radius 2 is 2.09 bits per heavy atom. The fourth-order valence-electron chi connectivity index (χ4n) is 5.27. The van der Waals surface area contributed by atoms with Crippen molar-refractivity contribution in [2.75, 3.05) is 11.6 Å². The van der Waals surface area contributed by atoms with E-state index in [9.17, 15) is 14.0 Å². The predicted molar refractivity (Wildman–Crippen MR) is 132 cm³/mol. The Morgan fingerprint density at radius 1 is 1.32 bits per heavy atom. The molecule has 9 heteroatoms. The highest BCUT2D eigenvalue weighted by Crippen LogP contribution is 2.46.